The molecule has 0 aromatic carbocycles. The highest BCUT2D eigenvalue weighted by molar-refractivity contribution is 5.94. The molecule has 2 heterocycles. The molecule has 10 atom stereocenters. The summed E-state index contributed by atoms with van der Waals surface area (Å²) in [7, 11) is 0. The van der Waals surface area contributed by atoms with Gasteiger partial charge < -0.3 is 52.7 Å². The van der Waals surface area contributed by atoms with E-state index >= 15 is 0 Å². The molecule has 53 heavy (non-hydrogen) atoms. The molecule has 1 N–H and O–H groups in total. The highest BCUT2D eigenvalue weighted by Gasteiger charge is 2.57. The van der Waals surface area contributed by atoms with Gasteiger partial charge in [-0.05, 0) is 0 Å². The van der Waals surface area contributed by atoms with E-state index in [2.05, 4.69) is 5.32 Å². The fourth-order valence-electron chi connectivity index (χ4n) is 5.38. The van der Waals surface area contributed by atoms with Crippen molar-refractivity contribution < 1.29 is 95.3 Å². The maximum Gasteiger partial charge on any atom is 0.326 e. The first kappa shape index (κ1) is 43.8. The van der Waals surface area contributed by atoms with Gasteiger partial charge in [0.15, 0.2) is 36.7 Å². The van der Waals surface area contributed by atoms with Crippen LogP contribution in [0.2, 0.25) is 0 Å². The second kappa shape index (κ2) is 19.5. The number of nitrogens with one attached hydrogen (secondary N) is 1. The van der Waals surface area contributed by atoms with Gasteiger partial charge >= 0.3 is 53.8 Å². The van der Waals surface area contributed by atoms with E-state index < -0.39 is 134 Å². The van der Waals surface area contributed by atoms with Crippen molar-refractivity contribution >= 4 is 59.7 Å². The van der Waals surface area contributed by atoms with Crippen LogP contribution in [-0.4, -0.2) is 139 Å². The Hall–Kier alpha value is -5.38. The maximum atomic E-state index is 14.2. The lowest BCUT2D eigenvalue weighted by Gasteiger charge is -2.47. The molecule has 2 rings (SSSR count). The van der Waals surface area contributed by atoms with Gasteiger partial charge in [-0.2, -0.15) is 0 Å². The second-order valence-electron chi connectivity index (χ2n) is 11.6. The van der Waals surface area contributed by atoms with Gasteiger partial charge in [0, 0.05) is 62.3 Å². The number of amides is 3. The Labute approximate surface area is 302 Å². The molecule has 2 aliphatic heterocycles. The van der Waals surface area contributed by atoms with Crippen molar-refractivity contribution in [1.29, 1.82) is 0 Å². The first-order valence-corrected chi connectivity index (χ1v) is 15.8. The van der Waals surface area contributed by atoms with Crippen molar-refractivity contribution in [2.45, 2.75) is 124 Å². The Bertz CT molecular complexity index is 1450. The van der Waals surface area contributed by atoms with Crippen LogP contribution in [0.4, 0.5) is 4.79 Å². The quantitative estimate of drug-likeness (QED) is 0.179. The van der Waals surface area contributed by atoms with Gasteiger partial charge in [-0.15, -0.1) is 0 Å². The fourth-order valence-corrected chi connectivity index (χ4v) is 5.38. The van der Waals surface area contributed by atoms with E-state index in [-0.39, 0.29) is 0 Å². The highest BCUT2D eigenvalue weighted by atomic mass is 16.7. The predicted molar refractivity (Wildman–Crippen MR) is 165 cm³/mol. The molecule has 2 saturated heterocycles. The summed E-state index contributed by atoms with van der Waals surface area (Å²) in [6.07, 6.45) is -15.7. The standard InChI is InChI=1S/C31H42N2O20/c1-12(34)33(29-28(50-19(8)41)27(49-18(7)40)25(47-16(5)38)21(52-29)10-44-13(2)35)31(43)32-23-26(48-17(6)39)24(46-15(4)37)22(11-45-14(3)36)53-30(23)51-20(9)42/h21-30H,10-11H2,1-9H3,(H,32,43)/t21-,22-,23-,24-,25+,26-,27+,28-,29+,30-/m1/s1. The largest absolute Gasteiger partial charge is 0.463 e. The van der Waals surface area contributed by atoms with Crippen molar-refractivity contribution in [1.82, 2.24) is 10.2 Å². The molecule has 2 aliphatic rings. The lowest BCUT2D eigenvalue weighted by molar-refractivity contribution is -0.274. The second-order valence-corrected chi connectivity index (χ2v) is 11.6. The first-order valence-electron chi connectivity index (χ1n) is 15.8. The zero-order valence-corrected chi connectivity index (χ0v) is 30.3. The molecule has 0 unspecified atom stereocenters. The van der Waals surface area contributed by atoms with Gasteiger partial charge in [0.05, 0.1) is 0 Å². The molecule has 0 aromatic heterocycles. The van der Waals surface area contributed by atoms with E-state index in [9.17, 15) is 47.9 Å². The lowest BCUT2D eigenvalue weighted by atomic mass is 9.95. The van der Waals surface area contributed by atoms with Crippen LogP contribution in [-0.2, 0) is 90.5 Å². The number of esters is 8. The third-order valence-electron chi connectivity index (χ3n) is 7.05. The smallest absolute Gasteiger partial charge is 0.326 e. The molecule has 0 aliphatic carbocycles. The summed E-state index contributed by atoms with van der Waals surface area (Å²) in [5, 5.41) is 2.32. The number of nitrogens with zero attached hydrogens (tertiary/aromatic N) is 1. The number of rotatable bonds is 12. The van der Waals surface area contributed by atoms with Crippen molar-refractivity contribution in [3.05, 3.63) is 0 Å². The van der Waals surface area contributed by atoms with Gasteiger partial charge in [-0.1, -0.05) is 0 Å². The maximum absolute atomic E-state index is 14.2. The van der Waals surface area contributed by atoms with Gasteiger partial charge in [0.2, 0.25) is 12.2 Å². The van der Waals surface area contributed by atoms with Crippen LogP contribution in [0.1, 0.15) is 62.3 Å². The summed E-state index contributed by atoms with van der Waals surface area (Å²) >= 11 is 0. The molecule has 296 valence electrons. The molecule has 2 fully saturated rings. The van der Waals surface area contributed by atoms with Gasteiger partial charge in [0.25, 0.3) is 0 Å². The third kappa shape index (κ3) is 13.0. The molecule has 0 radical (unpaired) electrons. The van der Waals surface area contributed by atoms with Crippen LogP contribution in [0.15, 0.2) is 0 Å². The Morgan fingerprint density at radius 3 is 1.26 bits per heavy atom. The van der Waals surface area contributed by atoms with Crippen molar-refractivity contribution in [3.63, 3.8) is 0 Å². The Balaban J connectivity index is 2.75. The van der Waals surface area contributed by atoms with E-state index in [1.165, 1.54) is 0 Å². The van der Waals surface area contributed by atoms with E-state index in [0.717, 1.165) is 62.3 Å². The zero-order chi connectivity index (χ0) is 40.3. The van der Waals surface area contributed by atoms with Crippen LogP contribution < -0.4 is 5.32 Å². The summed E-state index contributed by atoms with van der Waals surface area (Å²) in [5.41, 5.74) is 0. The summed E-state index contributed by atoms with van der Waals surface area (Å²) in [5.74, 6) is -8.66. The number of imide groups is 1. The number of hydrogen-bond acceptors (Lipinski definition) is 20. The molecule has 22 heteroatoms. The zero-order valence-electron chi connectivity index (χ0n) is 30.3. The third-order valence-corrected chi connectivity index (χ3v) is 7.05. The number of carbonyl (C=O) groups excluding carboxylic acids is 10. The summed E-state index contributed by atoms with van der Waals surface area (Å²) < 4.78 is 53.8. The fraction of sp³-hybridized carbons (Fsp3) is 0.677. The number of urea groups is 1. The Morgan fingerprint density at radius 2 is 0.849 bits per heavy atom. The molecule has 0 bridgehead atoms. The average Bonchev–Trinajstić information content (AvgIpc) is 2.99. The molecule has 0 saturated carbocycles. The van der Waals surface area contributed by atoms with Crippen molar-refractivity contribution in [2.75, 3.05) is 13.2 Å². The first-order chi connectivity index (χ1) is 24.6. The number of hydrogen-bond donors (Lipinski definition) is 1. The van der Waals surface area contributed by atoms with Crippen LogP contribution >= 0.6 is 0 Å². The molecule has 22 nitrogen and oxygen atoms in total. The van der Waals surface area contributed by atoms with E-state index in [0.29, 0.717) is 4.90 Å². The Morgan fingerprint density at radius 1 is 0.472 bits per heavy atom. The number of ether oxygens (including phenoxy) is 10. The molecule has 3 amide bonds. The minimum absolute atomic E-state index is 0.330. The summed E-state index contributed by atoms with van der Waals surface area (Å²) in [6.45, 7) is 7.43. The summed E-state index contributed by atoms with van der Waals surface area (Å²) in [4.78, 5) is 125. The van der Waals surface area contributed by atoms with E-state index in [1.54, 1.807) is 0 Å². The minimum atomic E-state index is -2.04. The van der Waals surface area contributed by atoms with E-state index in [1.807, 2.05) is 0 Å². The van der Waals surface area contributed by atoms with Crippen LogP contribution in [0.3, 0.4) is 0 Å². The van der Waals surface area contributed by atoms with Gasteiger partial charge in [-0.25, -0.2) is 9.69 Å². The van der Waals surface area contributed by atoms with E-state index in [4.69, 9.17) is 47.4 Å². The molecular formula is C31H42N2O20. The monoisotopic (exact) mass is 762 g/mol. The molecule has 0 aromatic rings. The molecule has 0 spiro atoms. The lowest BCUT2D eigenvalue weighted by Crippen LogP contribution is -2.71. The van der Waals surface area contributed by atoms with Gasteiger partial charge in [-0.3, -0.25) is 43.2 Å². The van der Waals surface area contributed by atoms with Crippen molar-refractivity contribution in [2.24, 2.45) is 0 Å². The minimum Gasteiger partial charge on any atom is -0.463 e. The number of carbonyl (C=O) groups is 10. The molecular weight excluding hydrogens is 720 g/mol. The Kier molecular flexibility index (Phi) is 16.1. The average molecular weight is 763 g/mol. The van der Waals surface area contributed by atoms with Crippen molar-refractivity contribution in [3.8, 4) is 0 Å². The van der Waals surface area contributed by atoms with Crippen LogP contribution in [0.5, 0.6) is 0 Å². The van der Waals surface area contributed by atoms with Gasteiger partial charge in [0.1, 0.15) is 31.5 Å². The predicted octanol–water partition coefficient (Wildman–Crippen LogP) is -1.29. The summed E-state index contributed by atoms with van der Waals surface area (Å²) in [6, 6.07) is -3.25. The van der Waals surface area contributed by atoms with Crippen LogP contribution in [0, 0.1) is 0 Å². The van der Waals surface area contributed by atoms with Crippen LogP contribution in [0.25, 0.3) is 0 Å². The SMILES string of the molecule is CC(=O)OC[C@H]1O[C@H](N(C(C)=O)C(=O)N[C@H]2[C@H](OC(C)=O)O[C@H](COC(C)=O)[C@@H](OC(C)=O)[C@@H]2OC(C)=O)[C@H](OC(C)=O)[C@@H](OC(C)=O)[C@H]1OC(C)=O. The highest BCUT2D eigenvalue weighted by Crippen LogP contribution is 2.33. The topological polar surface area (TPSA) is 278 Å². The normalized spacial score (nSPS) is 27.7.